The standard InChI is InChI=1S/C22H24N2O3/c1-22(2,3)27-19(25)14-24-18-13-17(15-8-5-4-6-9-15)12-16-10-7-11-23(20(16)18)21(24)26/h4-6,8-9,12-13H,7,10-11,14H2,1-3H3. The van der Waals surface area contributed by atoms with Gasteiger partial charge in [-0.2, -0.15) is 0 Å². The van der Waals surface area contributed by atoms with Crippen LogP contribution in [0.25, 0.3) is 22.2 Å². The Bertz CT molecular complexity index is 1070. The molecule has 0 atom stereocenters. The molecule has 0 bridgehead atoms. The van der Waals surface area contributed by atoms with Gasteiger partial charge in [0.2, 0.25) is 0 Å². The van der Waals surface area contributed by atoms with Gasteiger partial charge < -0.3 is 4.74 Å². The van der Waals surface area contributed by atoms with Crippen molar-refractivity contribution in [1.82, 2.24) is 9.13 Å². The van der Waals surface area contributed by atoms with E-state index in [-0.39, 0.29) is 12.2 Å². The highest BCUT2D eigenvalue weighted by Gasteiger charge is 2.24. The average Bonchev–Trinajstić information content (AvgIpc) is 2.88. The zero-order chi connectivity index (χ0) is 19.2. The Morgan fingerprint density at radius 1 is 1.11 bits per heavy atom. The second-order valence-corrected chi connectivity index (χ2v) is 8.08. The average molecular weight is 364 g/mol. The monoisotopic (exact) mass is 364 g/mol. The van der Waals surface area contributed by atoms with Crippen molar-refractivity contribution in [3.05, 3.63) is 58.5 Å². The highest BCUT2D eigenvalue weighted by molar-refractivity contribution is 5.87. The maximum Gasteiger partial charge on any atom is 0.329 e. The molecular formula is C22H24N2O3. The lowest BCUT2D eigenvalue weighted by Gasteiger charge is -2.19. The molecule has 1 aliphatic rings. The van der Waals surface area contributed by atoms with Gasteiger partial charge in [0.25, 0.3) is 0 Å². The van der Waals surface area contributed by atoms with Gasteiger partial charge in [-0.25, -0.2) is 4.79 Å². The summed E-state index contributed by atoms with van der Waals surface area (Å²) in [7, 11) is 0. The van der Waals surface area contributed by atoms with Gasteiger partial charge in [-0.15, -0.1) is 0 Å². The summed E-state index contributed by atoms with van der Waals surface area (Å²) in [4.78, 5) is 25.4. The summed E-state index contributed by atoms with van der Waals surface area (Å²) >= 11 is 0. The third-order valence-corrected chi connectivity index (χ3v) is 4.83. The number of rotatable bonds is 3. The van der Waals surface area contributed by atoms with Crippen LogP contribution in [0.3, 0.4) is 0 Å². The number of hydrogen-bond donors (Lipinski definition) is 0. The van der Waals surface area contributed by atoms with Crippen LogP contribution >= 0.6 is 0 Å². The van der Waals surface area contributed by atoms with Gasteiger partial charge in [0.15, 0.2) is 0 Å². The first-order valence-corrected chi connectivity index (χ1v) is 9.37. The molecule has 2 heterocycles. The molecule has 5 nitrogen and oxygen atoms in total. The number of benzene rings is 2. The second kappa shape index (κ2) is 6.41. The van der Waals surface area contributed by atoms with E-state index < -0.39 is 11.6 Å². The minimum absolute atomic E-state index is 0.0721. The lowest BCUT2D eigenvalue weighted by molar-refractivity contribution is -0.155. The van der Waals surface area contributed by atoms with Crippen molar-refractivity contribution < 1.29 is 9.53 Å². The molecular weight excluding hydrogens is 340 g/mol. The van der Waals surface area contributed by atoms with E-state index in [4.69, 9.17) is 4.74 Å². The molecule has 3 aromatic rings. The quantitative estimate of drug-likeness (QED) is 0.665. The third-order valence-electron chi connectivity index (χ3n) is 4.83. The van der Waals surface area contributed by atoms with Crippen molar-refractivity contribution in [2.75, 3.05) is 0 Å². The molecule has 0 saturated heterocycles. The van der Waals surface area contributed by atoms with Crippen LogP contribution in [0.15, 0.2) is 47.3 Å². The minimum Gasteiger partial charge on any atom is -0.459 e. The first kappa shape index (κ1) is 17.6. The van der Waals surface area contributed by atoms with Crippen LogP contribution in [0.1, 0.15) is 32.8 Å². The summed E-state index contributed by atoms with van der Waals surface area (Å²) in [5.41, 5.74) is 4.38. The number of nitrogens with zero attached hydrogens (tertiary/aromatic N) is 2. The van der Waals surface area contributed by atoms with Gasteiger partial charge in [0.05, 0.1) is 11.0 Å². The molecule has 0 fully saturated rings. The fraction of sp³-hybridized carbons (Fsp3) is 0.364. The molecule has 1 aliphatic heterocycles. The lowest BCUT2D eigenvalue weighted by atomic mass is 9.97. The van der Waals surface area contributed by atoms with E-state index in [9.17, 15) is 9.59 Å². The van der Waals surface area contributed by atoms with Crippen molar-refractivity contribution in [3.63, 3.8) is 0 Å². The van der Waals surface area contributed by atoms with Crippen LogP contribution < -0.4 is 5.69 Å². The normalized spacial score (nSPS) is 13.7. The summed E-state index contributed by atoms with van der Waals surface area (Å²) in [6.07, 6.45) is 1.86. The Hall–Kier alpha value is -2.82. The largest absolute Gasteiger partial charge is 0.459 e. The lowest BCUT2D eigenvalue weighted by Crippen LogP contribution is -2.31. The van der Waals surface area contributed by atoms with Crippen LogP contribution in [-0.4, -0.2) is 20.7 Å². The van der Waals surface area contributed by atoms with Gasteiger partial charge in [0, 0.05) is 6.54 Å². The van der Waals surface area contributed by atoms with E-state index in [1.54, 1.807) is 9.13 Å². The number of carbonyl (C=O) groups is 1. The maximum atomic E-state index is 13.0. The summed E-state index contributed by atoms with van der Waals surface area (Å²) in [6.45, 7) is 6.11. The zero-order valence-electron chi connectivity index (χ0n) is 16.0. The van der Waals surface area contributed by atoms with Crippen LogP contribution in [0.5, 0.6) is 0 Å². The predicted molar refractivity (Wildman–Crippen MR) is 106 cm³/mol. The minimum atomic E-state index is -0.576. The molecule has 2 aromatic carbocycles. The SMILES string of the molecule is CC(C)(C)OC(=O)Cn1c(=O)n2c3c(cc(-c4ccccc4)cc31)CCC2. The van der Waals surface area contributed by atoms with Crippen molar-refractivity contribution in [2.45, 2.75) is 52.3 Å². The van der Waals surface area contributed by atoms with Gasteiger partial charge in [-0.3, -0.25) is 13.9 Å². The Morgan fingerprint density at radius 2 is 1.85 bits per heavy atom. The zero-order valence-corrected chi connectivity index (χ0v) is 16.0. The molecule has 140 valence electrons. The van der Waals surface area contributed by atoms with Gasteiger partial charge in [0.1, 0.15) is 12.1 Å². The molecule has 0 radical (unpaired) electrons. The third kappa shape index (κ3) is 3.29. The molecule has 0 spiro atoms. The molecule has 4 rings (SSSR count). The highest BCUT2D eigenvalue weighted by atomic mass is 16.6. The van der Waals surface area contributed by atoms with E-state index in [1.165, 1.54) is 0 Å². The number of ether oxygens (including phenoxy) is 1. The molecule has 0 aliphatic carbocycles. The summed E-state index contributed by atoms with van der Waals surface area (Å²) in [5, 5.41) is 0. The molecule has 0 saturated carbocycles. The smallest absolute Gasteiger partial charge is 0.329 e. The summed E-state index contributed by atoms with van der Waals surface area (Å²) < 4.78 is 8.80. The van der Waals surface area contributed by atoms with Crippen LogP contribution in [0.2, 0.25) is 0 Å². The van der Waals surface area contributed by atoms with E-state index in [2.05, 4.69) is 18.2 Å². The van der Waals surface area contributed by atoms with Crippen molar-refractivity contribution in [2.24, 2.45) is 0 Å². The van der Waals surface area contributed by atoms with E-state index in [0.29, 0.717) is 6.54 Å². The molecule has 1 aromatic heterocycles. The number of aromatic nitrogens is 2. The van der Waals surface area contributed by atoms with Gasteiger partial charge in [-0.05, 0) is 62.4 Å². The van der Waals surface area contributed by atoms with Gasteiger partial charge >= 0.3 is 11.7 Å². The molecule has 0 N–H and O–H groups in total. The first-order chi connectivity index (χ1) is 12.8. The summed E-state index contributed by atoms with van der Waals surface area (Å²) in [5.74, 6) is -0.394. The molecule has 0 amide bonds. The Morgan fingerprint density at radius 3 is 2.56 bits per heavy atom. The molecule has 5 heteroatoms. The number of hydrogen-bond acceptors (Lipinski definition) is 3. The van der Waals surface area contributed by atoms with Crippen LogP contribution in [-0.2, 0) is 29.0 Å². The van der Waals surface area contributed by atoms with Crippen LogP contribution in [0.4, 0.5) is 0 Å². The maximum absolute atomic E-state index is 13.0. The fourth-order valence-electron chi connectivity index (χ4n) is 3.82. The van der Waals surface area contributed by atoms with Crippen molar-refractivity contribution in [3.8, 4) is 11.1 Å². The number of aryl methyl sites for hydroxylation is 2. The first-order valence-electron chi connectivity index (χ1n) is 9.37. The second-order valence-electron chi connectivity index (χ2n) is 8.08. The molecule has 0 unspecified atom stereocenters. The van der Waals surface area contributed by atoms with Crippen LogP contribution in [0, 0.1) is 0 Å². The van der Waals surface area contributed by atoms with Crippen molar-refractivity contribution in [1.29, 1.82) is 0 Å². The van der Waals surface area contributed by atoms with E-state index in [1.807, 2.05) is 45.0 Å². The van der Waals surface area contributed by atoms with Crippen molar-refractivity contribution >= 4 is 17.0 Å². The Balaban J connectivity index is 1.87. The highest BCUT2D eigenvalue weighted by Crippen LogP contribution is 2.30. The fourth-order valence-corrected chi connectivity index (χ4v) is 3.82. The summed E-state index contributed by atoms with van der Waals surface area (Å²) in [6, 6.07) is 14.3. The predicted octanol–water partition coefficient (Wildman–Crippen LogP) is 3.76. The topological polar surface area (TPSA) is 53.2 Å². The van der Waals surface area contributed by atoms with Gasteiger partial charge in [-0.1, -0.05) is 30.3 Å². The molecule has 27 heavy (non-hydrogen) atoms. The van der Waals surface area contributed by atoms with E-state index in [0.717, 1.165) is 40.6 Å². The Kier molecular flexibility index (Phi) is 4.17. The number of carbonyl (C=O) groups excluding carboxylic acids is 1. The number of imidazole rings is 1. The Labute approximate surface area is 158 Å². The van der Waals surface area contributed by atoms with E-state index >= 15 is 0 Å². The number of esters is 1.